The van der Waals surface area contributed by atoms with E-state index in [2.05, 4.69) is 0 Å². The Hall–Kier alpha value is -6.85. The van der Waals surface area contributed by atoms with Crippen LogP contribution in [0.4, 0.5) is 0 Å². The van der Waals surface area contributed by atoms with Gasteiger partial charge < -0.3 is 8.98 Å². The Morgan fingerprint density at radius 3 is 1.70 bits per heavy atom. The smallest absolute Gasteiger partial charge is 0.164 e. The molecule has 5 nitrogen and oxygen atoms in total. The Labute approximate surface area is 304 Å². The van der Waals surface area contributed by atoms with Gasteiger partial charge in [-0.25, -0.2) is 15.0 Å². The first-order valence-electron chi connectivity index (χ1n) is 21.7. The molecule has 3 heterocycles. The van der Waals surface area contributed by atoms with Gasteiger partial charge >= 0.3 is 0 Å². The van der Waals surface area contributed by atoms with Crippen LogP contribution in [0.5, 0.6) is 0 Å². The van der Waals surface area contributed by atoms with Gasteiger partial charge in [-0.2, -0.15) is 0 Å². The van der Waals surface area contributed by atoms with Crippen molar-refractivity contribution in [2.45, 2.75) is 0 Å². The Balaban J connectivity index is 1.33. The molecule has 0 saturated heterocycles. The van der Waals surface area contributed by atoms with E-state index in [1.54, 1.807) is 30.3 Å². The predicted octanol–water partition coefficient (Wildman–Crippen LogP) is 11.5. The highest BCUT2D eigenvalue weighted by atomic mass is 16.3. The second-order valence-electron chi connectivity index (χ2n) is 11.5. The molecule has 0 saturated carbocycles. The summed E-state index contributed by atoms with van der Waals surface area (Å²) in [6.45, 7) is 0. The van der Waals surface area contributed by atoms with Crippen LogP contribution in [0.25, 0.3) is 94.7 Å². The number of hydrogen-bond donors (Lipinski definition) is 0. The topological polar surface area (TPSA) is 56.7 Å². The molecule has 0 aliphatic heterocycles. The van der Waals surface area contributed by atoms with Gasteiger partial charge in [0.2, 0.25) is 0 Å². The van der Waals surface area contributed by atoms with Crippen molar-refractivity contribution in [2.75, 3.05) is 0 Å². The summed E-state index contributed by atoms with van der Waals surface area (Å²) in [6.07, 6.45) is 0. The summed E-state index contributed by atoms with van der Waals surface area (Å²) in [4.78, 5) is 14.6. The van der Waals surface area contributed by atoms with Crippen molar-refractivity contribution in [1.29, 1.82) is 0 Å². The number of rotatable bonds is 5. The molecule has 0 fully saturated rings. The molecule has 234 valence electrons. The van der Waals surface area contributed by atoms with Gasteiger partial charge in [0.05, 0.1) is 27.5 Å². The fraction of sp³-hybridized carbons (Fsp3) is 0. The lowest BCUT2D eigenvalue weighted by Gasteiger charge is -2.12. The van der Waals surface area contributed by atoms with Crippen LogP contribution < -0.4 is 0 Å². The largest absolute Gasteiger partial charge is 0.456 e. The Bertz CT molecular complexity index is 3480. The quantitative estimate of drug-likeness (QED) is 0.186. The maximum atomic E-state index is 9.77. The van der Waals surface area contributed by atoms with Gasteiger partial charge in [0, 0.05) is 43.9 Å². The normalized spacial score (nSPS) is 15.0. The monoisotopic (exact) mass is 652 g/mol. The number of aromatic nitrogens is 4. The van der Waals surface area contributed by atoms with Crippen LogP contribution in [0.1, 0.15) is 16.4 Å². The van der Waals surface area contributed by atoms with E-state index >= 15 is 0 Å². The molecular formula is C45H28N4O. The molecule has 5 heteroatoms. The summed E-state index contributed by atoms with van der Waals surface area (Å²) < 4.78 is 114. The first-order chi connectivity index (χ1) is 29.8. The second kappa shape index (κ2) is 11.4. The van der Waals surface area contributed by atoms with Crippen molar-refractivity contribution in [3.8, 4) is 51.0 Å². The lowest BCUT2D eigenvalue weighted by molar-refractivity contribution is 0.669. The lowest BCUT2D eigenvalue weighted by Crippen LogP contribution is -2.01. The molecule has 0 unspecified atom stereocenters. The third kappa shape index (κ3) is 4.52. The number of nitrogens with zero attached hydrogens (tertiary/aromatic N) is 4. The second-order valence-corrected chi connectivity index (χ2v) is 11.5. The number of fused-ring (bicyclic) bond motifs is 6. The van der Waals surface area contributed by atoms with Crippen LogP contribution in [0, 0.1) is 0 Å². The molecule has 0 spiro atoms. The average Bonchev–Trinajstić information content (AvgIpc) is 3.86. The van der Waals surface area contributed by atoms with E-state index in [1.807, 2.05) is 66.7 Å². The highest BCUT2D eigenvalue weighted by Gasteiger charge is 2.20. The zero-order valence-electron chi connectivity index (χ0n) is 37.9. The maximum Gasteiger partial charge on any atom is 0.164 e. The van der Waals surface area contributed by atoms with Crippen LogP contribution in [0.2, 0.25) is 0 Å². The van der Waals surface area contributed by atoms with E-state index in [0.29, 0.717) is 27.7 Å². The first-order valence-corrected chi connectivity index (χ1v) is 15.7. The summed E-state index contributed by atoms with van der Waals surface area (Å²) in [7, 11) is 0. The zero-order valence-corrected chi connectivity index (χ0v) is 25.9. The fourth-order valence-electron chi connectivity index (χ4n) is 6.44. The molecule has 0 amide bonds. The minimum atomic E-state index is -0.706. The van der Waals surface area contributed by atoms with Crippen LogP contribution >= 0.6 is 0 Å². The van der Waals surface area contributed by atoms with E-state index in [0.717, 1.165) is 21.1 Å². The van der Waals surface area contributed by atoms with E-state index < -0.39 is 78.2 Å². The van der Waals surface area contributed by atoms with Gasteiger partial charge in [-0.05, 0) is 47.4 Å². The van der Waals surface area contributed by atoms with Gasteiger partial charge in [-0.3, -0.25) is 0 Å². The van der Waals surface area contributed by atoms with Crippen molar-refractivity contribution in [2.24, 2.45) is 0 Å². The summed E-state index contributed by atoms with van der Waals surface area (Å²) >= 11 is 0. The highest BCUT2D eigenvalue weighted by molar-refractivity contribution is 6.17. The number of furan rings is 1. The molecule has 10 aromatic rings. The maximum absolute atomic E-state index is 9.77. The molecule has 0 aliphatic rings. The lowest BCUT2D eigenvalue weighted by atomic mass is 9.97. The van der Waals surface area contributed by atoms with Crippen molar-refractivity contribution in [1.82, 2.24) is 19.5 Å². The molecule has 3 aromatic heterocycles. The Kier molecular flexibility index (Phi) is 4.24. The summed E-state index contributed by atoms with van der Waals surface area (Å²) in [6, 6.07) is 22.2. The minimum absolute atomic E-state index is 0.131. The van der Waals surface area contributed by atoms with Gasteiger partial charge in [0.15, 0.2) is 17.5 Å². The minimum Gasteiger partial charge on any atom is -0.456 e. The van der Waals surface area contributed by atoms with Gasteiger partial charge in [-0.1, -0.05) is 133 Å². The molecule has 10 rings (SSSR count). The highest BCUT2D eigenvalue weighted by Crippen LogP contribution is 2.41. The molecule has 0 N–H and O–H groups in total. The average molecular weight is 653 g/mol. The van der Waals surface area contributed by atoms with E-state index in [-0.39, 0.29) is 44.8 Å². The summed E-state index contributed by atoms with van der Waals surface area (Å²) in [5, 5.41) is 0.963. The Morgan fingerprint density at radius 2 is 1.02 bits per heavy atom. The number of hydrogen-bond acceptors (Lipinski definition) is 4. The number of para-hydroxylation sites is 2. The fourth-order valence-corrected chi connectivity index (χ4v) is 6.44. The van der Waals surface area contributed by atoms with Crippen LogP contribution in [-0.2, 0) is 0 Å². The molecule has 0 atom stereocenters. The van der Waals surface area contributed by atoms with Gasteiger partial charge in [0.25, 0.3) is 0 Å². The number of benzene rings is 7. The Morgan fingerprint density at radius 1 is 0.460 bits per heavy atom. The standard InChI is InChI=1S/C45H28N4O/c1-3-14-29(15-4-1)33-22-12-26-39-41(33)42-36(23-13-27-40(42)50-39)45-47-43(30-16-5-2-6-17-30)46-44(48-45)31-18-11-19-32(28-31)49-37-24-9-7-20-34(37)35-21-8-10-25-38(35)49/h1-28H/i7D,8D,9D,10D,11D,18D,19D,20D,21D,24D,25D,28D. The van der Waals surface area contributed by atoms with Gasteiger partial charge in [-0.15, -0.1) is 0 Å². The molecule has 0 radical (unpaired) electrons. The van der Waals surface area contributed by atoms with Crippen molar-refractivity contribution < 1.29 is 20.9 Å². The SMILES string of the molecule is [2H]c1c([2H])c(-c2nc(-c3ccccc3)nc(-c3cccc4oc5cccc(-c6ccccc6)c5c34)n2)c([2H])c(-n2c3c([2H])c([2H])c([2H])c([2H])c3c3c([2H])c([2H])c([2H])c([2H])c32)c1[2H]. The third-order valence-corrected chi connectivity index (χ3v) is 8.61. The zero-order chi connectivity index (χ0) is 43.5. The molecular weight excluding hydrogens is 613 g/mol. The molecule has 0 aliphatic carbocycles. The van der Waals surface area contributed by atoms with Crippen molar-refractivity contribution in [3.05, 3.63) is 170 Å². The van der Waals surface area contributed by atoms with Crippen molar-refractivity contribution in [3.63, 3.8) is 0 Å². The van der Waals surface area contributed by atoms with Gasteiger partial charge in [0.1, 0.15) is 11.2 Å². The third-order valence-electron chi connectivity index (χ3n) is 8.61. The van der Waals surface area contributed by atoms with E-state index in [1.165, 1.54) is 0 Å². The summed E-state index contributed by atoms with van der Waals surface area (Å²) in [5.41, 5.74) is 2.61. The molecule has 0 bridgehead atoms. The summed E-state index contributed by atoms with van der Waals surface area (Å²) in [5.74, 6) is 0.0591. The van der Waals surface area contributed by atoms with E-state index in [9.17, 15) is 4.11 Å². The van der Waals surface area contributed by atoms with Crippen LogP contribution in [0.3, 0.4) is 0 Å². The molecule has 7 aromatic carbocycles. The van der Waals surface area contributed by atoms with E-state index in [4.69, 9.17) is 31.7 Å². The first kappa shape index (κ1) is 18.6. The molecule has 50 heavy (non-hydrogen) atoms. The van der Waals surface area contributed by atoms with Crippen LogP contribution in [0.15, 0.2) is 174 Å². The van der Waals surface area contributed by atoms with Crippen molar-refractivity contribution >= 4 is 43.7 Å². The predicted molar refractivity (Wildman–Crippen MR) is 203 cm³/mol. The van der Waals surface area contributed by atoms with Crippen LogP contribution in [-0.4, -0.2) is 19.5 Å².